The molecule has 0 aliphatic heterocycles. The first-order chi connectivity index (χ1) is 10.5. The Balaban J connectivity index is 2.12. The molecule has 2 rings (SSSR count). The summed E-state index contributed by atoms with van der Waals surface area (Å²) in [5, 5.41) is 11.7. The number of amides is 1. The van der Waals surface area contributed by atoms with Crippen molar-refractivity contribution in [3.63, 3.8) is 0 Å². The quantitative estimate of drug-likeness (QED) is 0.885. The van der Waals surface area contributed by atoms with Crippen molar-refractivity contribution < 1.29 is 14.3 Å². The Bertz CT molecular complexity index is 655. The third-order valence-electron chi connectivity index (χ3n) is 2.74. The first kappa shape index (κ1) is 16.2. The molecule has 0 atom stereocenters. The van der Waals surface area contributed by atoms with Crippen molar-refractivity contribution in [3.8, 4) is 11.5 Å². The second-order valence-corrected chi connectivity index (χ2v) is 6.33. The fraction of sp³-hybridized carbons (Fsp3) is 0.400. The fourth-order valence-corrected chi connectivity index (χ4v) is 2.29. The van der Waals surface area contributed by atoms with E-state index in [1.165, 1.54) is 11.3 Å². The number of benzene rings is 1. The van der Waals surface area contributed by atoms with Crippen molar-refractivity contribution in [2.45, 2.75) is 20.8 Å². The minimum atomic E-state index is -0.259. The fourth-order valence-electron chi connectivity index (χ4n) is 1.70. The number of carbonyl (C=O) groups is 1. The zero-order valence-corrected chi connectivity index (χ0v) is 13.9. The summed E-state index contributed by atoms with van der Waals surface area (Å²) in [4.78, 5) is 12.2. The van der Waals surface area contributed by atoms with Crippen LogP contribution in [0.5, 0.6) is 11.5 Å². The van der Waals surface area contributed by atoms with E-state index in [0.29, 0.717) is 34.7 Å². The van der Waals surface area contributed by atoms with Gasteiger partial charge in [-0.15, -0.1) is 10.2 Å². The highest BCUT2D eigenvalue weighted by molar-refractivity contribution is 7.15. The van der Waals surface area contributed by atoms with Crippen LogP contribution in [-0.2, 0) is 0 Å². The second kappa shape index (κ2) is 7.22. The summed E-state index contributed by atoms with van der Waals surface area (Å²) in [6.07, 6.45) is 0. The number of aryl methyl sites for hydroxylation is 1. The molecule has 0 aliphatic rings. The molecule has 2 aromatic rings. The minimum absolute atomic E-state index is 0.259. The molecule has 0 spiro atoms. The maximum absolute atomic E-state index is 12.2. The summed E-state index contributed by atoms with van der Waals surface area (Å²) in [5.74, 6) is 1.31. The number of anilines is 1. The van der Waals surface area contributed by atoms with E-state index in [2.05, 4.69) is 29.4 Å². The van der Waals surface area contributed by atoms with Crippen LogP contribution >= 0.6 is 11.3 Å². The lowest BCUT2D eigenvalue weighted by Crippen LogP contribution is -2.12. The van der Waals surface area contributed by atoms with Gasteiger partial charge in [0.1, 0.15) is 5.01 Å². The average molecular weight is 321 g/mol. The van der Waals surface area contributed by atoms with Gasteiger partial charge in [-0.25, -0.2) is 0 Å². The van der Waals surface area contributed by atoms with Crippen molar-refractivity contribution in [3.05, 3.63) is 28.8 Å². The number of rotatable bonds is 6. The van der Waals surface area contributed by atoms with Gasteiger partial charge in [0, 0.05) is 5.56 Å². The molecule has 0 unspecified atom stereocenters. The topological polar surface area (TPSA) is 73.3 Å². The van der Waals surface area contributed by atoms with Crippen LogP contribution in [-0.4, -0.2) is 29.8 Å². The van der Waals surface area contributed by atoms with Gasteiger partial charge < -0.3 is 9.47 Å². The summed E-state index contributed by atoms with van der Waals surface area (Å²) in [6, 6.07) is 5.09. The number of carbonyl (C=O) groups excluding carboxylic acids is 1. The lowest BCUT2D eigenvalue weighted by atomic mass is 10.2. The molecule has 0 radical (unpaired) electrons. The van der Waals surface area contributed by atoms with Gasteiger partial charge in [0.05, 0.1) is 13.7 Å². The summed E-state index contributed by atoms with van der Waals surface area (Å²) in [7, 11) is 1.55. The van der Waals surface area contributed by atoms with Crippen molar-refractivity contribution in [2.75, 3.05) is 19.0 Å². The number of aromatic nitrogens is 2. The highest BCUT2D eigenvalue weighted by atomic mass is 32.1. The molecule has 0 bridgehead atoms. The molecule has 22 heavy (non-hydrogen) atoms. The molecule has 0 saturated carbocycles. The lowest BCUT2D eigenvalue weighted by Gasteiger charge is -2.13. The minimum Gasteiger partial charge on any atom is -0.493 e. The molecule has 1 amide bonds. The highest BCUT2D eigenvalue weighted by Gasteiger charge is 2.13. The van der Waals surface area contributed by atoms with Crippen LogP contribution in [0.3, 0.4) is 0 Å². The number of methoxy groups -OCH3 is 1. The molecule has 0 aliphatic carbocycles. The van der Waals surface area contributed by atoms with Gasteiger partial charge in [0.2, 0.25) is 5.13 Å². The van der Waals surface area contributed by atoms with Crippen molar-refractivity contribution in [2.24, 2.45) is 5.92 Å². The molecule has 0 saturated heterocycles. The van der Waals surface area contributed by atoms with E-state index >= 15 is 0 Å². The lowest BCUT2D eigenvalue weighted by molar-refractivity contribution is 0.102. The van der Waals surface area contributed by atoms with Crippen LogP contribution in [0.15, 0.2) is 18.2 Å². The van der Waals surface area contributed by atoms with Gasteiger partial charge in [-0.2, -0.15) is 0 Å². The van der Waals surface area contributed by atoms with Crippen LogP contribution in [0.25, 0.3) is 0 Å². The van der Waals surface area contributed by atoms with E-state index in [9.17, 15) is 4.79 Å². The van der Waals surface area contributed by atoms with Crippen LogP contribution in [0.4, 0.5) is 5.13 Å². The molecular weight excluding hydrogens is 302 g/mol. The Labute approximate surface area is 133 Å². The molecule has 118 valence electrons. The summed E-state index contributed by atoms with van der Waals surface area (Å²) in [5.41, 5.74) is 0.474. The van der Waals surface area contributed by atoms with Crippen LogP contribution in [0.1, 0.15) is 29.2 Å². The van der Waals surface area contributed by atoms with Crippen LogP contribution in [0.2, 0.25) is 0 Å². The third-order valence-corrected chi connectivity index (χ3v) is 3.50. The molecule has 1 N–H and O–H groups in total. The van der Waals surface area contributed by atoms with Crippen LogP contribution in [0, 0.1) is 12.8 Å². The van der Waals surface area contributed by atoms with Gasteiger partial charge in [0.25, 0.3) is 5.91 Å². The van der Waals surface area contributed by atoms with Crippen molar-refractivity contribution in [1.29, 1.82) is 0 Å². The zero-order chi connectivity index (χ0) is 16.1. The smallest absolute Gasteiger partial charge is 0.257 e. The Kier molecular flexibility index (Phi) is 5.32. The molecule has 1 aromatic heterocycles. The molecule has 7 heteroatoms. The van der Waals surface area contributed by atoms with Gasteiger partial charge in [0.15, 0.2) is 11.5 Å². The van der Waals surface area contributed by atoms with E-state index < -0.39 is 0 Å². The normalized spacial score (nSPS) is 10.6. The van der Waals surface area contributed by atoms with Crippen molar-refractivity contribution >= 4 is 22.4 Å². The third kappa shape index (κ3) is 4.17. The SMILES string of the molecule is COc1cc(C(=O)Nc2nnc(C)s2)ccc1OCC(C)C. The van der Waals surface area contributed by atoms with E-state index in [1.54, 1.807) is 25.3 Å². The molecular formula is C15H19N3O3S. The number of ether oxygens (including phenoxy) is 2. The van der Waals surface area contributed by atoms with Gasteiger partial charge in [-0.3, -0.25) is 10.1 Å². The van der Waals surface area contributed by atoms with Gasteiger partial charge in [-0.1, -0.05) is 25.2 Å². The van der Waals surface area contributed by atoms with Crippen LogP contribution < -0.4 is 14.8 Å². The first-order valence-corrected chi connectivity index (χ1v) is 7.73. The summed E-state index contributed by atoms with van der Waals surface area (Å²) >= 11 is 1.33. The second-order valence-electron chi connectivity index (χ2n) is 5.15. The standard InChI is InChI=1S/C15H19N3O3S/c1-9(2)8-21-12-6-5-11(7-13(12)20-4)14(19)16-15-18-17-10(3)22-15/h5-7,9H,8H2,1-4H3,(H,16,18,19). The first-order valence-electron chi connectivity index (χ1n) is 6.92. The largest absolute Gasteiger partial charge is 0.493 e. The number of nitrogens with one attached hydrogen (secondary N) is 1. The van der Waals surface area contributed by atoms with Gasteiger partial charge >= 0.3 is 0 Å². The molecule has 1 heterocycles. The number of hydrogen-bond donors (Lipinski definition) is 1. The maximum Gasteiger partial charge on any atom is 0.257 e. The Morgan fingerprint density at radius 3 is 2.68 bits per heavy atom. The Hall–Kier alpha value is -2.15. The Morgan fingerprint density at radius 2 is 2.09 bits per heavy atom. The number of nitrogens with zero attached hydrogens (tertiary/aromatic N) is 2. The summed E-state index contributed by atoms with van der Waals surface area (Å²) < 4.78 is 11.0. The zero-order valence-electron chi connectivity index (χ0n) is 13.0. The predicted molar refractivity (Wildman–Crippen MR) is 85.9 cm³/mol. The predicted octanol–water partition coefficient (Wildman–Crippen LogP) is 3.14. The monoisotopic (exact) mass is 321 g/mol. The van der Waals surface area contributed by atoms with Crippen molar-refractivity contribution in [1.82, 2.24) is 10.2 Å². The van der Waals surface area contributed by atoms with Gasteiger partial charge in [-0.05, 0) is 31.0 Å². The Morgan fingerprint density at radius 1 is 1.32 bits per heavy atom. The number of hydrogen-bond acceptors (Lipinski definition) is 6. The van der Waals surface area contributed by atoms with E-state index in [-0.39, 0.29) is 5.91 Å². The van der Waals surface area contributed by atoms with E-state index in [0.717, 1.165) is 5.01 Å². The van der Waals surface area contributed by atoms with E-state index in [4.69, 9.17) is 9.47 Å². The van der Waals surface area contributed by atoms with E-state index in [1.807, 2.05) is 6.92 Å². The maximum atomic E-state index is 12.2. The molecule has 6 nitrogen and oxygen atoms in total. The molecule has 1 aromatic carbocycles. The summed E-state index contributed by atoms with van der Waals surface area (Å²) in [6.45, 7) is 6.56. The average Bonchev–Trinajstić information content (AvgIpc) is 2.89. The highest BCUT2D eigenvalue weighted by Crippen LogP contribution is 2.29. The molecule has 0 fully saturated rings.